The first-order chi connectivity index (χ1) is 71.2. The number of carbonyl (C=O) groups is 4. The van der Waals surface area contributed by atoms with Gasteiger partial charge in [-0.25, -0.2) is 28.7 Å². The molecule has 0 unspecified atom stereocenters. The molecule has 0 saturated carbocycles. The van der Waals surface area contributed by atoms with Gasteiger partial charge in [-0.15, -0.1) is 0 Å². The predicted molar refractivity (Wildman–Crippen MR) is 591 cm³/mol. The first-order valence-corrected chi connectivity index (χ1v) is 49.4. The van der Waals surface area contributed by atoms with Crippen LogP contribution in [0.15, 0.2) is 250 Å². The zero-order chi connectivity index (χ0) is 100.0. The summed E-state index contributed by atoms with van der Waals surface area (Å²) in [4.78, 5) is 106. The fourth-order valence-corrected chi connectivity index (χ4v) is 19.0. The van der Waals surface area contributed by atoms with Gasteiger partial charge in [0.25, 0.3) is 29.6 Å². The SMILES string of the molecule is C.C.C.C.CN1CCN(c2ccc(NC(=O)c3n[nH]c4ccc(-c5cncc(CN6CCC(O)CC6)c5)cc34)cn2)CC1.CN1CCN(c2ccc(NC(=O)c3n[nH]c4ccc(-c5cncc(Oc6ccccc6)c5)cc34)cn2)CC1.Nc1cncc(-c2ccc3[nH]nc(C(=O)Nc4ccc(N5CCCCC5)nc4)c3c2)c1.O=C(Nc1ccc(N2CCCCC2)nc1)c1n[nH]c2ccc(-c3cncc(CN4CCC(F)(F)C4)c3)cc12. The average Bonchev–Trinajstić information content (AvgIpc) is 1.65. The van der Waals surface area contributed by atoms with Crippen molar-refractivity contribution in [1.82, 2.24) is 100 Å². The second-order valence-corrected chi connectivity index (χ2v) is 37.8. The lowest BCUT2D eigenvalue weighted by Crippen LogP contribution is -2.44. The van der Waals surface area contributed by atoms with Crippen LogP contribution in [0, 0.1) is 0 Å². The quantitative estimate of drug-likeness (QED) is 0.0301. The summed E-state index contributed by atoms with van der Waals surface area (Å²) in [6.07, 6.45) is 29.3. The number of aliphatic hydroxyl groups is 1. The Kier molecular flexibility index (Phi) is 34.7. The maximum Gasteiger partial charge on any atom is 0.276 e. The number of nitrogens with two attached hydrogens (primary N) is 1. The highest BCUT2D eigenvalue weighted by Crippen LogP contribution is 2.37. The molecule has 6 aliphatic heterocycles. The van der Waals surface area contributed by atoms with Gasteiger partial charge in [0, 0.05) is 205 Å². The van der Waals surface area contributed by atoms with E-state index >= 15 is 0 Å². The fourth-order valence-electron chi connectivity index (χ4n) is 19.0. The van der Waals surface area contributed by atoms with Crippen LogP contribution < -0.4 is 51.3 Å². The third-order valence-electron chi connectivity index (χ3n) is 27.1. The molecule has 6 aliphatic rings. The largest absolute Gasteiger partial charge is 0.456 e. The molecule has 150 heavy (non-hydrogen) atoms. The highest BCUT2D eigenvalue weighted by Gasteiger charge is 2.38. The number of hydrogen-bond donors (Lipinski definition) is 10. The molecule has 6 saturated heterocycles. The smallest absolute Gasteiger partial charge is 0.276 e. The number of likely N-dealkylation sites (tertiary alicyclic amines) is 2. The number of H-pyrrole nitrogens is 4. The van der Waals surface area contributed by atoms with Crippen molar-refractivity contribution in [3.8, 4) is 56.0 Å². The van der Waals surface area contributed by atoms with Crippen molar-refractivity contribution in [2.75, 3.05) is 165 Å². The van der Waals surface area contributed by atoms with Crippen molar-refractivity contribution in [3.05, 3.63) is 284 Å². The van der Waals surface area contributed by atoms with E-state index in [1.165, 1.54) is 38.5 Å². The van der Waals surface area contributed by atoms with Crippen LogP contribution in [0.25, 0.3) is 88.1 Å². The van der Waals surface area contributed by atoms with Gasteiger partial charge in [0.15, 0.2) is 22.8 Å². The molecule has 0 aliphatic carbocycles. The number of piperazine rings is 2. The monoisotopic (exact) mass is 2030 g/mol. The van der Waals surface area contributed by atoms with E-state index in [0.717, 1.165) is 234 Å². The van der Waals surface area contributed by atoms with Crippen LogP contribution in [-0.2, 0) is 13.1 Å². The number of alkyl halides is 2. The molecule has 776 valence electrons. The molecule has 17 aromatic rings. The van der Waals surface area contributed by atoms with E-state index in [9.17, 15) is 33.1 Å². The molecule has 5 aromatic carbocycles. The summed E-state index contributed by atoms with van der Waals surface area (Å²) >= 11 is 0. The number of aromatic amines is 4. The van der Waals surface area contributed by atoms with Gasteiger partial charge in [-0.05, 0) is 232 Å². The maximum atomic E-state index is 13.6. The Labute approximate surface area is 870 Å². The molecule has 12 aromatic heterocycles. The number of ether oxygens (including phenoxy) is 1. The molecule has 0 radical (unpaired) electrons. The number of nitrogen functional groups attached to an aromatic ring is 1. The van der Waals surface area contributed by atoms with Crippen LogP contribution in [0.1, 0.15) is 141 Å². The number of para-hydroxylation sites is 1. The number of anilines is 9. The molecule has 23 rings (SSSR count). The number of fused-ring (bicyclic) bond motifs is 4. The van der Waals surface area contributed by atoms with Crippen LogP contribution in [0.2, 0.25) is 0 Å². The molecule has 11 N–H and O–H groups in total. The number of piperidine rings is 3. The van der Waals surface area contributed by atoms with Crippen LogP contribution in [0.5, 0.6) is 11.5 Å². The Morgan fingerprint density at radius 1 is 0.360 bits per heavy atom. The second kappa shape index (κ2) is 48.9. The average molecular weight is 2030 g/mol. The summed E-state index contributed by atoms with van der Waals surface area (Å²) < 4.78 is 33.1. The molecule has 0 spiro atoms. The Balaban J connectivity index is 0.000000142. The second-order valence-electron chi connectivity index (χ2n) is 37.8. The number of nitrogens with zero attached hydrogens (tertiary/aromatic N) is 20. The number of aromatic nitrogens is 16. The number of amides is 4. The number of pyridine rings is 8. The Bertz CT molecular complexity index is 7420. The predicted octanol–water partition coefficient (Wildman–Crippen LogP) is 19.3. The normalized spacial score (nSPS) is 15.5. The van der Waals surface area contributed by atoms with E-state index in [4.69, 9.17) is 10.5 Å². The van der Waals surface area contributed by atoms with Crippen LogP contribution in [-0.4, -0.2) is 260 Å². The molecule has 37 heteroatoms. The summed E-state index contributed by atoms with van der Waals surface area (Å²) in [5.41, 5.74) is 22.5. The Hall–Kier alpha value is -16.5. The summed E-state index contributed by atoms with van der Waals surface area (Å²) in [6, 6.07) is 56.0. The third-order valence-corrected chi connectivity index (χ3v) is 27.1. The number of nitrogens with one attached hydrogen (secondary N) is 8. The van der Waals surface area contributed by atoms with Gasteiger partial charge in [0.1, 0.15) is 34.8 Å². The molecule has 35 nitrogen and oxygen atoms in total. The highest BCUT2D eigenvalue weighted by atomic mass is 19.3. The van der Waals surface area contributed by atoms with Crippen molar-refractivity contribution in [3.63, 3.8) is 0 Å². The number of rotatable bonds is 22. The Morgan fingerprint density at radius 3 is 1.05 bits per heavy atom. The first kappa shape index (κ1) is 106. The summed E-state index contributed by atoms with van der Waals surface area (Å²) in [5.74, 6) is 1.24. The van der Waals surface area contributed by atoms with Gasteiger partial charge in [-0.1, -0.05) is 72.2 Å². The zero-order valence-corrected chi connectivity index (χ0v) is 81.1. The number of likely N-dealkylation sites (N-methyl/N-ethyl adjacent to an activating group) is 2. The van der Waals surface area contributed by atoms with Gasteiger partial charge in [-0.2, -0.15) is 20.4 Å². The van der Waals surface area contributed by atoms with Crippen molar-refractivity contribution >= 4 is 119 Å². The summed E-state index contributed by atoms with van der Waals surface area (Å²) in [5, 5.41) is 53.2. The lowest BCUT2D eigenvalue weighted by Gasteiger charge is -2.33. The standard InChI is InChI=1S/C29H34N8O2.C29H27N7O2.C28H29F2N7O.C23H23N7O.4CH4/c1-35-10-12-37(13-11-35)27-5-3-23(18-31-27)32-29(39)28-25-15-21(2-4-26(25)33-34-28)22-14-20(16-30-17-22)19-36-8-6-24(38)7-9-36;1-35-11-13-36(14-12-35)27-10-8-22(18-31-27)32-29(37)28-25-16-20(7-9-26(25)33-34-28)21-15-24(19-30-17-21)38-23-5-3-2-4-6-23;29-28(30)8-11-36(18-28)17-19-12-21(15-31-14-19)20-4-6-24-23(13-20)26(35-34-24)27(38)33-22-5-7-25(32-16-22)37-9-2-1-3-10-37;24-17-10-16(12-25-13-17)15-4-6-20-19(11-15)22(29-28-20)23(31)27-18-5-7-21(26-14-18)30-8-2-1-3-9-30;;;;/h2-5,14-18,24,38H,6-13,19H2,1H3,(H,32,39)(H,33,34);2-10,15-19H,11-14H2,1H3,(H,32,37)(H,33,34);4-7,12-16H,1-3,8-11,17-18H2,(H,33,38)(H,34,35);4-7,10-14H,1-3,8-9,24H2,(H,27,31)(H,28,29);4*1H4. The molecule has 6 fully saturated rings. The third kappa shape index (κ3) is 26.2. The van der Waals surface area contributed by atoms with Gasteiger partial charge in [0.05, 0.1) is 94.1 Å². The lowest BCUT2D eigenvalue weighted by molar-refractivity contribution is 0.0114. The van der Waals surface area contributed by atoms with E-state index in [-0.39, 0.29) is 78.1 Å². The van der Waals surface area contributed by atoms with Crippen molar-refractivity contribution < 1.29 is 37.8 Å². The number of benzene rings is 5. The van der Waals surface area contributed by atoms with Crippen molar-refractivity contribution in [2.24, 2.45) is 0 Å². The van der Waals surface area contributed by atoms with E-state index in [0.29, 0.717) is 69.7 Å². The van der Waals surface area contributed by atoms with E-state index in [1.807, 2.05) is 182 Å². The van der Waals surface area contributed by atoms with Crippen LogP contribution >= 0.6 is 0 Å². The maximum absolute atomic E-state index is 13.6. The zero-order valence-electron chi connectivity index (χ0n) is 81.1. The molecule has 0 atom stereocenters. The van der Waals surface area contributed by atoms with Crippen molar-refractivity contribution in [1.29, 1.82) is 0 Å². The van der Waals surface area contributed by atoms with E-state index in [2.05, 4.69) is 156 Å². The van der Waals surface area contributed by atoms with Gasteiger partial charge in [0.2, 0.25) is 0 Å². The Morgan fingerprint density at radius 2 is 0.700 bits per heavy atom. The highest BCUT2D eigenvalue weighted by molar-refractivity contribution is 6.15. The van der Waals surface area contributed by atoms with Crippen LogP contribution in [0.4, 0.5) is 60.5 Å². The number of aliphatic hydroxyl groups excluding tert-OH is 1. The molecular formula is C113H129F2N29O6. The number of hydrogen-bond acceptors (Lipinski definition) is 27. The van der Waals surface area contributed by atoms with Gasteiger partial charge >= 0.3 is 0 Å². The summed E-state index contributed by atoms with van der Waals surface area (Å²) in [6.45, 7) is 15.0. The number of carbonyl (C=O) groups excluding carboxylic acids is 4. The molecule has 4 amide bonds. The first-order valence-electron chi connectivity index (χ1n) is 49.4. The topological polar surface area (TPSA) is 416 Å². The van der Waals surface area contributed by atoms with Crippen molar-refractivity contribution in [2.45, 2.75) is 113 Å². The summed E-state index contributed by atoms with van der Waals surface area (Å²) in [7, 11) is 4.25. The molecule has 0 bridgehead atoms. The van der Waals surface area contributed by atoms with Gasteiger partial charge in [-0.3, -0.25) is 69.3 Å². The van der Waals surface area contributed by atoms with Gasteiger partial charge < -0.3 is 66.2 Å². The van der Waals surface area contributed by atoms with E-state index in [1.54, 1.807) is 66.9 Å². The fraction of sp³-hybridized carbons (Fsp3) is 0.310. The minimum Gasteiger partial charge on any atom is -0.456 e. The van der Waals surface area contributed by atoms with Crippen LogP contribution in [0.3, 0.4) is 0 Å². The van der Waals surface area contributed by atoms with E-state index < -0.39 is 5.92 Å². The minimum absolute atomic E-state index is 0. The minimum atomic E-state index is -2.63. The molecule has 18 heterocycles. The number of halogens is 2. The lowest BCUT2D eigenvalue weighted by atomic mass is 10.0. The molecular weight excluding hydrogens is 1900 g/mol.